The third-order valence-corrected chi connectivity index (χ3v) is 3.04. The quantitative estimate of drug-likeness (QED) is 0.710. The molecule has 5 heteroatoms. The van der Waals surface area contributed by atoms with Crippen LogP contribution in [0.3, 0.4) is 0 Å². The van der Waals surface area contributed by atoms with Gasteiger partial charge in [0.25, 0.3) is 0 Å². The van der Waals surface area contributed by atoms with Crippen LogP contribution in [0.2, 0.25) is 0 Å². The Balaban J connectivity index is 2.36. The number of carboxylic acid groups (broad SMARTS) is 2. The van der Waals surface area contributed by atoms with E-state index in [9.17, 15) is 24.6 Å². The van der Waals surface area contributed by atoms with Gasteiger partial charge in [-0.25, -0.2) is 0 Å². The Bertz CT molecular complexity index is 718. The number of benzene rings is 2. The fourth-order valence-electron chi connectivity index (χ4n) is 2.05. The van der Waals surface area contributed by atoms with Crippen molar-refractivity contribution in [1.29, 1.82) is 0 Å². The number of hydrogen-bond acceptors (Lipinski definition) is 5. The summed E-state index contributed by atoms with van der Waals surface area (Å²) in [5, 5.41) is 22.0. The monoisotopic (exact) mass is 282 g/mol. The Morgan fingerprint density at radius 3 is 1.76 bits per heavy atom. The number of aromatic carboxylic acids is 2. The normalized spacial score (nSPS) is 10.1. The van der Waals surface area contributed by atoms with Crippen molar-refractivity contribution in [2.45, 2.75) is 6.42 Å². The van der Waals surface area contributed by atoms with Crippen LogP contribution in [0.25, 0.3) is 0 Å². The number of carbonyl (C=O) groups is 3. The Hall–Kier alpha value is -2.95. The SMILES string of the molecule is O=C([O-])c1ccccc1CC(=O)c1ccccc1C(=O)[O-]. The van der Waals surface area contributed by atoms with Crippen LogP contribution in [0.15, 0.2) is 48.5 Å². The molecule has 21 heavy (non-hydrogen) atoms. The zero-order valence-electron chi connectivity index (χ0n) is 10.9. The van der Waals surface area contributed by atoms with Gasteiger partial charge in [-0.15, -0.1) is 0 Å². The summed E-state index contributed by atoms with van der Waals surface area (Å²) in [5.41, 5.74) is -0.0356. The van der Waals surface area contributed by atoms with Crippen LogP contribution >= 0.6 is 0 Å². The second-order valence-electron chi connectivity index (χ2n) is 4.38. The number of carboxylic acids is 2. The molecule has 106 valence electrons. The minimum absolute atomic E-state index is 0.00866. The topological polar surface area (TPSA) is 97.3 Å². The van der Waals surface area contributed by atoms with E-state index in [2.05, 4.69) is 0 Å². The first-order chi connectivity index (χ1) is 10.0. The second-order valence-corrected chi connectivity index (χ2v) is 4.38. The van der Waals surface area contributed by atoms with E-state index in [0.29, 0.717) is 0 Å². The maximum absolute atomic E-state index is 12.2. The number of rotatable bonds is 5. The van der Waals surface area contributed by atoms with Gasteiger partial charge >= 0.3 is 0 Å². The second kappa shape index (κ2) is 6.00. The maximum Gasteiger partial charge on any atom is 0.167 e. The van der Waals surface area contributed by atoms with Gasteiger partial charge in [-0.05, 0) is 5.56 Å². The highest BCUT2D eigenvalue weighted by molar-refractivity contribution is 6.06. The minimum atomic E-state index is -1.45. The summed E-state index contributed by atoms with van der Waals surface area (Å²) in [7, 11) is 0. The van der Waals surface area contributed by atoms with E-state index in [-0.39, 0.29) is 28.7 Å². The van der Waals surface area contributed by atoms with Crippen molar-refractivity contribution in [2.75, 3.05) is 0 Å². The van der Waals surface area contributed by atoms with Crippen molar-refractivity contribution in [2.24, 2.45) is 0 Å². The highest BCUT2D eigenvalue weighted by Gasteiger charge is 2.14. The predicted molar refractivity (Wildman–Crippen MR) is 69.6 cm³/mol. The van der Waals surface area contributed by atoms with Gasteiger partial charge in [0.15, 0.2) is 5.78 Å². The fraction of sp³-hybridized carbons (Fsp3) is 0.0625. The molecule has 0 bridgehead atoms. The molecule has 0 aliphatic rings. The van der Waals surface area contributed by atoms with Crippen LogP contribution in [-0.2, 0) is 6.42 Å². The summed E-state index contributed by atoms with van der Waals surface area (Å²) in [4.78, 5) is 34.2. The van der Waals surface area contributed by atoms with E-state index in [1.807, 2.05) is 0 Å². The maximum atomic E-state index is 12.2. The molecule has 0 aliphatic heterocycles. The number of Topliss-reactive ketones (excluding diaryl/α,β-unsaturated/α-hetero) is 1. The molecule has 0 fully saturated rings. The molecule has 2 aromatic rings. The highest BCUT2D eigenvalue weighted by Crippen LogP contribution is 2.15. The molecule has 2 rings (SSSR count). The van der Waals surface area contributed by atoms with Crippen LogP contribution in [0.5, 0.6) is 0 Å². The van der Waals surface area contributed by atoms with Crippen molar-refractivity contribution < 1.29 is 24.6 Å². The molecule has 0 heterocycles. The van der Waals surface area contributed by atoms with Crippen LogP contribution in [0, 0.1) is 0 Å². The molecule has 0 aromatic heterocycles. The van der Waals surface area contributed by atoms with Crippen molar-refractivity contribution in [3.8, 4) is 0 Å². The molecule has 0 saturated heterocycles. The number of hydrogen-bond donors (Lipinski definition) is 0. The van der Waals surface area contributed by atoms with Crippen LogP contribution in [0.1, 0.15) is 36.6 Å². The molecule has 2 aromatic carbocycles. The lowest BCUT2D eigenvalue weighted by atomic mass is 9.96. The van der Waals surface area contributed by atoms with Crippen molar-refractivity contribution >= 4 is 17.7 Å². The Kier molecular flexibility index (Phi) is 4.13. The molecule has 0 saturated carbocycles. The summed E-state index contributed by atoms with van der Waals surface area (Å²) < 4.78 is 0. The average molecular weight is 282 g/mol. The highest BCUT2D eigenvalue weighted by atomic mass is 16.4. The van der Waals surface area contributed by atoms with Gasteiger partial charge < -0.3 is 19.8 Å². The lowest BCUT2D eigenvalue weighted by molar-refractivity contribution is -0.256. The Morgan fingerprint density at radius 2 is 1.19 bits per heavy atom. The van der Waals surface area contributed by atoms with Gasteiger partial charge in [0, 0.05) is 23.1 Å². The molecular formula is C16H10O5-2. The lowest BCUT2D eigenvalue weighted by Crippen LogP contribution is -2.26. The van der Waals surface area contributed by atoms with Gasteiger partial charge in [-0.1, -0.05) is 48.5 Å². The first-order valence-corrected chi connectivity index (χ1v) is 6.13. The van der Waals surface area contributed by atoms with Crippen LogP contribution < -0.4 is 10.2 Å². The molecule has 0 amide bonds. The standard InChI is InChI=1S/C16H12O5/c17-14(12-7-3-4-8-13(12)16(20)21)9-10-5-1-2-6-11(10)15(18)19/h1-8H,9H2,(H,18,19)(H,20,21)/p-2. The first-order valence-electron chi connectivity index (χ1n) is 6.13. The molecule has 0 radical (unpaired) electrons. The van der Waals surface area contributed by atoms with E-state index < -0.39 is 17.7 Å². The summed E-state index contributed by atoms with van der Waals surface area (Å²) >= 11 is 0. The summed E-state index contributed by atoms with van der Waals surface area (Å²) in [6, 6.07) is 11.6. The molecule has 0 N–H and O–H groups in total. The predicted octanol–water partition coefficient (Wildman–Crippen LogP) is -0.161. The van der Waals surface area contributed by atoms with Gasteiger partial charge in [0.05, 0.1) is 11.9 Å². The zero-order valence-corrected chi connectivity index (χ0v) is 10.9. The van der Waals surface area contributed by atoms with E-state index >= 15 is 0 Å². The first kappa shape index (κ1) is 14.5. The van der Waals surface area contributed by atoms with Crippen molar-refractivity contribution in [3.63, 3.8) is 0 Å². The van der Waals surface area contributed by atoms with E-state index in [0.717, 1.165) is 0 Å². The van der Waals surface area contributed by atoms with E-state index in [1.54, 1.807) is 6.07 Å². The largest absolute Gasteiger partial charge is 0.545 e. The fourth-order valence-corrected chi connectivity index (χ4v) is 2.05. The Labute approximate surface area is 120 Å². The summed E-state index contributed by atoms with van der Waals surface area (Å²) in [5.74, 6) is -3.33. The zero-order chi connectivity index (χ0) is 15.4. The molecule has 0 spiro atoms. The molecular weight excluding hydrogens is 272 g/mol. The lowest BCUT2D eigenvalue weighted by Gasteiger charge is -2.12. The number of carbonyl (C=O) groups excluding carboxylic acids is 3. The van der Waals surface area contributed by atoms with Gasteiger partial charge in [-0.3, -0.25) is 4.79 Å². The van der Waals surface area contributed by atoms with E-state index in [4.69, 9.17) is 0 Å². The molecule has 0 atom stereocenters. The number of ketones is 1. The van der Waals surface area contributed by atoms with Gasteiger partial charge in [0.1, 0.15) is 0 Å². The summed E-state index contributed by atoms with van der Waals surface area (Å²) in [6.07, 6.45) is -0.228. The third kappa shape index (κ3) is 3.14. The molecule has 0 aliphatic carbocycles. The van der Waals surface area contributed by atoms with Crippen LogP contribution in [-0.4, -0.2) is 17.7 Å². The summed E-state index contributed by atoms with van der Waals surface area (Å²) in [6.45, 7) is 0. The van der Waals surface area contributed by atoms with Crippen LogP contribution in [0.4, 0.5) is 0 Å². The third-order valence-electron chi connectivity index (χ3n) is 3.04. The Morgan fingerprint density at radius 1 is 0.714 bits per heavy atom. The molecule has 0 unspecified atom stereocenters. The van der Waals surface area contributed by atoms with Crippen molar-refractivity contribution in [1.82, 2.24) is 0 Å². The molecule has 5 nitrogen and oxygen atoms in total. The average Bonchev–Trinajstić information content (AvgIpc) is 2.47. The van der Waals surface area contributed by atoms with E-state index in [1.165, 1.54) is 42.5 Å². The van der Waals surface area contributed by atoms with Gasteiger partial charge in [0.2, 0.25) is 0 Å². The van der Waals surface area contributed by atoms with Gasteiger partial charge in [-0.2, -0.15) is 0 Å². The minimum Gasteiger partial charge on any atom is -0.545 e. The smallest absolute Gasteiger partial charge is 0.167 e. The van der Waals surface area contributed by atoms with Crippen molar-refractivity contribution in [3.05, 3.63) is 70.8 Å².